The number of alkyl halides is 2. The highest BCUT2D eigenvalue weighted by molar-refractivity contribution is 5.96. The standard InChI is InChI=1S/C24H20F2O/c25-24(26)27-20-14-10-17(11-15-20)16-23-21-8-3-1-2-6-18(21)12-13-19-7-4-5-9-22(19)23/h1,3-11,14-16,24H,2,12-13H2/b23-16+. The Morgan fingerprint density at radius 2 is 1.78 bits per heavy atom. The van der Waals surface area contributed by atoms with Gasteiger partial charge in [-0.2, -0.15) is 8.78 Å². The summed E-state index contributed by atoms with van der Waals surface area (Å²) in [5.74, 6) is 0.172. The molecule has 2 aromatic rings. The van der Waals surface area contributed by atoms with E-state index in [9.17, 15) is 8.78 Å². The number of halogens is 2. The Kier molecular flexibility index (Phi) is 5.01. The van der Waals surface area contributed by atoms with Crippen LogP contribution in [0.15, 0.2) is 84.0 Å². The smallest absolute Gasteiger partial charge is 0.387 e. The molecule has 0 spiro atoms. The van der Waals surface area contributed by atoms with Gasteiger partial charge in [0.15, 0.2) is 0 Å². The van der Waals surface area contributed by atoms with Crippen LogP contribution in [0.2, 0.25) is 0 Å². The lowest BCUT2D eigenvalue weighted by atomic mass is 9.91. The molecule has 0 amide bonds. The van der Waals surface area contributed by atoms with E-state index in [1.807, 2.05) is 12.1 Å². The van der Waals surface area contributed by atoms with Gasteiger partial charge in [-0.05, 0) is 70.9 Å². The third-order valence-corrected chi connectivity index (χ3v) is 4.92. The highest BCUT2D eigenvalue weighted by atomic mass is 19.3. The Hall–Kier alpha value is -2.94. The fraction of sp³-hybridized carbons (Fsp3) is 0.167. The molecule has 0 saturated carbocycles. The molecular weight excluding hydrogens is 342 g/mol. The minimum atomic E-state index is -2.81. The van der Waals surface area contributed by atoms with E-state index in [1.165, 1.54) is 27.8 Å². The lowest BCUT2D eigenvalue weighted by molar-refractivity contribution is -0.0498. The zero-order valence-corrected chi connectivity index (χ0v) is 14.9. The van der Waals surface area contributed by atoms with Gasteiger partial charge in [-0.25, -0.2) is 0 Å². The van der Waals surface area contributed by atoms with E-state index in [-0.39, 0.29) is 5.75 Å². The van der Waals surface area contributed by atoms with Crippen LogP contribution in [0.5, 0.6) is 5.75 Å². The van der Waals surface area contributed by atoms with Crippen LogP contribution >= 0.6 is 0 Å². The predicted octanol–water partition coefficient (Wildman–Crippen LogP) is 6.59. The monoisotopic (exact) mass is 362 g/mol. The van der Waals surface area contributed by atoms with Crippen LogP contribution in [0.25, 0.3) is 11.6 Å². The molecule has 0 aromatic heterocycles. The van der Waals surface area contributed by atoms with Gasteiger partial charge in [-0.15, -0.1) is 0 Å². The van der Waals surface area contributed by atoms with Crippen molar-refractivity contribution in [3.63, 3.8) is 0 Å². The van der Waals surface area contributed by atoms with E-state index < -0.39 is 6.61 Å². The Morgan fingerprint density at radius 3 is 2.59 bits per heavy atom. The van der Waals surface area contributed by atoms with Crippen LogP contribution in [-0.4, -0.2) is 6.61 Å². The first-order valence-electron chi connectivity index (χ1n) is 9.12. The molecule has 0 N–H and O–H groups in total. The molecule has 0 bridgehead atoms. The summed E-state index contributed by atoms with van der Waals surface area (Å²) in [4.78, 5) is 0. The molecule has 0 unspecified atom stereocenters. The van der Waals surface area contributed by atoms with Crippen molar-refractivity contribution in [2.24, 2.45) is 0 Å². The Balaban J connectivity index is 1.80. The lowest BCUT2D eigenvalue weighted by Gasteiger charge is -2.14. The molecule has 0 atom stereocenters. The van der Waals surface area contributed by atoms with Crippen molar-refractivity contribution in [1.82, 2.24) is 0 Å². The maximum atomic E-state index is 12.4. The number of rotatable bonds is 3. The summed E-state index contributed by atoms with van der Waals surface area (Å²) in [5, 5.41) is 0. The summed E-state index contributed by atoms with van der Waals surface area (Å²) in [6, 6.07) is 15.3. The van der Waals surface area contributed by atoms with Gasteiger partial charge in [0.05, 0.1) is 0 Å². The molecule has 0 aliphatic heterocycles. The van der Waals surface area contributed by atoms with Crippen LogP contribution in [-0.2, 0) is 6.42 Å². The molecule has 1 nitrogen and oxygen atoms in total. The Morgan fingerprint density at radius 1 is 0.963 bits per heavy atom. The molecule has 0 saturated heterocycles. The summed E-state index contributed by atoms with van der Waals surface area (Å²) in [5.41, 5.74) is 7.29. The summed E-state index contributed by atoms with van der Waals surface area (Å²) in [7, 11) is 0. The SMILES string of the molecule is FC(F)Oc1ccc(/C=C2\C3=CC=CCC=C3CCc3ccccc32)cc1. The van der Waals surface area contributed by atoms with Crippen LogP contribution in [0.1, 0.15) is 29.5 Å². The second-order valence-electron chi connectivity index (χ2n) is 6.64. The predicted molar refractivity (Wildman–Crippen MR) is 106 cm³/mol. The minimum absolute atomic E-state index is 0.172. The van der Waals surface area contributed by atoms with Crippen molar-refractivity contribution < 1.29 is 13.5 Å². The number of hydrogen-bond donors (Lipinski definition) is 0. The van der Waals surface area contributed by atoms with Crippen molar-refractivity contribution >= 4 is 11.6 Å². The largest absolute Gasteiger partial charge is 0.435 e. The summed E-state index contributed by atoms with van der Waals surface area (Å²) < 4.78 is 29.2. The highest BCUT2D eigenvalue weighted by Crippen LogP contribution is 2.39. The fourth-order valence-corrected chi connectivity index (χ4v) is 3.65. The Bertz CT molecular complexity index is 947. The third-order valence-electron chi connectivity index (χ3n) is 4.92. The van der Waals surface area contributed by atoms with Gasteiger partial charge < -0.3 is 4.74 Å². The number of hydrogen-bond acceptors (Lipinski definition) is 1. The van der Waals surface area contributed by atoms with E-state index in [4.69, 9.17) is 0 Å². The quantitative estimate of drug-likeness (QED) is 0.599. The molecule has 0 radical (unpaired) electrons. The average molecular weight is 362 g/mol. The summed E-state index contributed by atoms with van der Waals surface area (Å²) in [6.07, 6.45) is 13.9. The van der Waals surface area contributed by atoms with Gasteiger partial charge in [-0.1, -0.05) is 60.7 Å². The van der Waals surface area contributed by atoms with E-state index in [1.54, 1.807) is 12.1 Å². The molecule has 0 heterocycles. The van der Waals surface area contributed by atoms with Crippen molar-refractivity contribution in [2.45, 2.75) is 25.9 Å². The molecule has 2 aliphatic carbocycles. The second kappa shape index (κ2) is 7.75. The van der Waals surface area contributed by atoms with Crippen molar-refractivity contribution in [1.29, 1.82) is 0 Å². The minimum Gasteiger partial charge on any atom is -0.435 e. The number of ether oxygens (including phenoxy) is 1. The first kappa shape index (κ1) is 17.5. The number of benzene rings is 2. The normalized spacial score (nSPS) is 17.5. The van der Waals surface area contributed by atoms with Crippen LogP contribution in [0.4, 0.5) is 8.78 Å². The van der Waals surface area contributed by atoms with Gasteiger partial charge in [0, 0.05) is 0 Å². The summed E-state index contributed by atoms with van der Waals surface area (Å²) >= 11 is 0. The van der Waals surface area contributed by atoms with E-state index in [0.717, 1.165) is 24.8 Å². The van der Waals surface area contributed by atoms with Gasteiger partial charge in [0.25, 0.3) is 0 Å². The first-order valence-corrected chi connectivity index (χ1v) is 9.12. The Labute approximate surface area is 158 Å². The van der Waals surface area contributed by atoms with Crippen LogP contribution in [0, 0.1) is 0 Å². The number of fused-ring (bicyclic) bond motifs is 2. The first-order chi connectivity index (χ1) is 13.2. The van der Waals surface area contributed by atoms with Crippen LogP contribution in [0.3, 0.4) is 0 Å². The van der Waals surface area contributed by atoms with Gasteiger partial charge in [0.2, 0.25) is 0 Å². The molecule has 27 heavy (non-hydrogen) atoms. The maximum Gasteiger partial charge on any atom is 0.387 e. The van der Waals surface area contributed by atoms with Gasteiger partial charge in [0.1, 0.15) is 5.75 Å². The second-order valence-corrected chi connectivity index (χ2v) is 6.64. The maximum absolute atomic E-state index is 12.4. The lowest BCUT2D eigenvalue weighted by Crippen LogP contribution is -2.01. The van der Waals surface area contributed by atoms with Crippen LogP contribution < -0.4 is 4.74 Å². The van der Waals surface area contributed by atoms with E-state index in [2.05, 4.69) is 59.4 Å². The molecular formula is C24H20F2O. The molecule has 2 aromatic carbocycles. The average Bonchev–Trinajstić information content (AvgIpc) is 2.98. The third kappa shape index (κ3) is 3.92. The van der Waals surface area contributed by atoms with E-state index in [0.29, 0.717) is 0 Å². The van der Waals surface area contributed by atoms with Crippen molar-refractivity contribution in [3.05, 3.63) is 101 Å². The van der Waals surface area contributed by atoms with Crippen molar-refractivity contribution in [2.75, 3.05) is 0 Å². The zero-order valence-electron chi connectivity index (χ0n) is 14.9. The van der Waals surface area contributed by atoms with E-state index >= 15 is 0 Å². The molecule has 0 fully saturated rings. The highest BCUT2D eigenvalue weighted by Gasteiger charge is 2.20. The fourth-order valence-electron chi connectivity index (χ4n) is 3.65. The number of aryl methyl sites for hydroxylation is 1. The molecule has 2 aliphatic rings. The van der Waals surface area contributed by atoms with Gasteiger partial charge in [-0.3, -0.25) is 0 Å². The zero-order chi connectivity index (χ0) is 18.6. The number of allylic oxidation sites excluding steroid dienone is 7. The molecule has 136 valence electrons. The summed E-state index contributed by atoms with van der Waals surface area (Å²) in [6.45, 7) is -2.81. The molecule has 4 rings (SSSR count). The molecule has 3 heteroatoms. The van der Waals surface area contributed by atoms with Crippen molar-refractivity contribution in [3.8, 4) is 5.75 Å². The topological polar surface area (TPSA) is 9.23 Å². The van der Waals surface area contributed by atoms with Gasteiger partial charge >= 0.3 is 6.61 Å².